The summed E-state index contributed by atoms with van der Waals surface area (Å²) in [6.45, 7) is 7.51. The lowest BCUT2D eigenvalue weighted by Crippen LogP contribution is -2.30. The average molecular weight is 418 g/mol. The summed E-state index contributed by atoms with van der Waals surface area (Å²) in [4.78, 5) is 2.51. The molecule has 2 fully saturated rings. The van der Waals surface area contributed by atoms with Gasteiger partial charge in [0.05, 0.1) is 23.9 Å². The fourth-order valence-corrected chi connectivity index (χ4v) is 5.92. The van der Waals surface area contributed by atoms with E-state index in [4.69, 9.17) is 5.10 Å². The van der Waals surface area contributed by atoms with Crippen LogP contribution in [0.1, 0.15) is 68.3 Å². The average Bonchev–Trinajstić information content (AvgIpc) is 3.51. The molecule has 1 N–H and O–H groups in total. The SMILES string of the molecule is CCc1nn(C2CCCC2)c2cc([C@@H]3CN(Cc4ccccc4)C[C@@]3(C)CO)ccc12. The van der Waals surface area contributed by atoms with Crippen LogP contribution in [0.25, 0.3) is 10.9 Å². The van der Waals surface area contributed by atoms with Crippen LogP contribution in [-0.2, 0) is 13.0 Å². The minimum absolute atomic E-state index is 0.131. The topological polar surface area (TPSA) is 41.3 Å². The molecule has 1 aliphatic heterocycles. The smallest absolute Gasteiger partial charge is 0.0700 e. The molecule has 1 saturated carbocycles. The van der Waals surface area contributed by atoms with Crippen LogP contribution in [0.4, 0.5) is 0 Å². The van der Waals surface area contributed by atoms with Crippen LogP contribution < -0.4 is 0 Å². The first kappa shape index (κ1) is 20.7. The van der Waals surface area contributed by atoms with E-state index in [-0.39, 0.29) is 12.0 Å². The first-order chi connectivity index (χ1) is 15.1. The van der Waals surface area contributed by atoms with Gasteiger partial charge in [-0.3, -0.25) is 9.58 Å². The Morgan fingerprint density at radius 1 is 1.10 bits per heavy atom. The van der Waals surface area contributed by atoms with E-state index in [1.165, 1.54) is 53.4 Å². The van der Waals surface area contributed by atoms with Crippen molar-refractivity contribution in [3.63, 3.8) is 0 Å². The van der Waals surface area contributed by atoms with Gasteiger partial charge in [0.1, 0.15) is 0 Å². The van der Waals surface area contributed by atoms with E-state index in [9.17, 15) is 5.11 Å². The van der Waals surface area contributed by atoms with Crippen LogP contribution in [0.3, 0.4) is 0 Å². The zero-order valence-electron chi connectivity index (χ0n) is 18.9. The minimum atomic E-state index is -0.131. The van der Waals surface area contributed by atoms with Gasteiger partial charge in [-0.2, -0.15) is 5.10 Å². The molecule has 5 rings (SSSR count). The van der Waals surface area contributed by atoms with Crippen molar-refractivity contribution in [3.8, 4) is 0 Å². The van der Waals surface area contributed by atoms with Crippen LogP contribution in [-0.4, -0.2) is 39.5 Å². The summed E-state index contributed by atoms with van der Waals surface area (Å²) >= 11 is 0. The highest BCUT2D eigenvalue weighted by atomic mass is 16.3. The highest BCUT2D eigenvalue weighted by Gasteiger charge is 2.43. The molecule has 2 aliphatic rings. The van der Waals surface area contributed by atoms with Gasteiger partial charge >= 0.3 is 0 Å². The number of aromatic nitrogens is 2. The minimum Gasteiger partial charge on any atom is -0.396 e. The Balaban J connectivity index is 1.49. The van der Waals surface area contributed by atoms with E-state index in [0.29, 0.717) is 12.0 Å². The molecule has 1 aliphatic carbocycles. The van der Waals surface area contributed by atoms with Crippen molar-refractivity contribution in [1.29, 1.82) is 0 Å². The number of aliphatic hydroxyl groups excluding tert-OH is 1. The van der Waals surface area contributed by atoms with Crippen LogP contribution in [0.2, 0.25) is 0 Å². The molecule has 0 spiro atoms. The van der Waals surface area contributed by atoms with Gasteiger partial charge in [0.15, 0.2) is 0 Å². The van der Waals surface area contributed by atoms with Gasteiger partial charge in [0.25, 0.3) is 0 Å². The number of fused-ring (bicyclic) bond motifs is 1. The molecule has 3 aromatic rings. The number of aliphatic hydroxyl groups is 1. The summed E-state index contributed by atoms with van der Waals surface area (Å²) in [5.74, 6) is 0.322. The highest BCUT2D eigenvalue weighted by molar-refractivity contribution is 5.83. The fraction of sp³-hybridized carbons (Fsp3) is 0.519. The molecule has 0 bridgehead atoms. The summed E-state index contributed by atoms with van der Waals surface area (Å²) in [6, 6.07) is 18.2. The summed E-state index contributed by atoms with van der Waals surface area (Å²) in [5.41, 5.74) is 5.07. The van der Waals surface area contributed by atoms with Crippen LogP contribution in [0, 0.1) is 5.41 Å². The van der Waals surface area contributed by atoms with Gasteiger partial charge < -0.3 is 5.11 Å². The van der Waals surface area contributed by atoms with Gasteiger partial charge in [-0.05, 0) is 36.5 Å². The zero-order valence-corrected chi connectivity index (χ0v) is 18.9. The maximum atomic E-state index is 10.4. The molecule has 4 heteroatoms. The molecule has 2 heterocycles. The summed E-state index contributed by atoms with van der Waals surface area (Å²) < 4.78 is 2.33. The number of rotatable bonds is 6. The van der Waals surface area contributed by atoms with Crippen molar-refractivity contribution >= 4 is 10.9 Å². The van der Waals surface area contributed by atoms with Gasteiger partial charge in [0.2, 0.25) is 0 Å². The largest absolute Gasteiger partial charge is 0.396 e. The Hall–Kier alpha value is -2.17. The van der Waals surface area contributed by atoms with E-state index in [1.54, 1.807) is 0 Å². The van der Waals surface area contributed by atoms with Crippen LogP contribution >= 0.6 is 0 Å². The second kappa shape index (κ2) is 8.40. The first-order valence-electron chi connectivity index (χ1n) is 12.0. The van der Waals surface area contributed by atoms with E-state index in [2.05, 4.69) is 72.0 Å². The predicted molar refractivity (Wildman–Crippen MR) is 126 cm³/mol. The van der Waals surface area contributed by atoms with E-state index >= 15 is 0 Å². The number of nitrogens with zero attached hydrogens (tertiary/aromatic N) is 3. The molecule has 0 amide bonds. The molecule has 1 aromatic heterocycles. The number of aryl methyl sites for hydroxylation is 1. The Morgan fingerprint density at radius 3 is 2.58 bits per heavy atom. The van der Waals surface area contributed by atoms with Crippen molar-refractivity contribution in [1.82, 2.24) is 14.7 Å². The van der Waals surface area contributed by atoms with Crippen LogP contribution in [0.15, 0.2) is 48.5 Å². The van der Waals surface area contributed by atoms with Gasteiger partial charge in [-0.15, -0.1) is 0 Å². The number of hydrogen-bond acceptors (Lipinski definition) is 3. The van der Waals surface area contributed by atoms with Crippen molar-refractivity contribution in [2.45, 2.75) is 64.5 Å². The highest BCUT2D eigenvalue weighted by Crippen LogP contribution is 2.44. The van der Waals surface area contributed by atoms with Crippen molar-refractivity contribution in [2.75, 3.05) is 19.7 Å². The summed E-state index contributed by atoms with van der Waals surface area (Å²) in [7, 11) is 0. The lowest BCUT2D eigenvalue weighted by Gasteiger charge is -2.29. The summed E-state index contributed by atoms with van der Waals surface area (Å²) in [6.07, 6.45) is 6.08. The number of likely N-dealkylation sites (tertiary alicyclic amines) is 1. The molecule has 0 radical (unpaired) electrons. The standard InChI is InChI=1S/C27H35N3O/c1-3-25-23-14-13-21(15-26(23)30(28-25)22-11-7-8-12-22)24-17-29(18-27(24,2)19-31)16-20-9-5-4-6-10-20/h4-6,9-10,13-15,22,24,31H,3,7-8,11-12,16-19H2,1-2H3/t24-,27-/m0/s1. The third kappa shape index (κ3) is 3.81. The number of benzene rings is 2. The van der Waals surface area contributed by atoms with E-state index < -0.39 is 0 Å². The third-order valence-electron chi connectivity index (χ3n) is 7.69. The quantitative estimate of drug-likeness (QED) is 0.591. The van der Waals surface area contributed by atoms with Gasteiger partial charge in [-0.1, -0.05) is 69.2 Å². The molecule has 2 aromatic carbocycles. The molecule has 4 nitrogen and oxygen atoms in total. The first-order valence-corrected chi connectivity index (χ1v) is 12.0. The Bertz CT molecular complexity index is 1040. The lowest BCUT2D eigenvalue weighted by atomic mass is 9.76. The third-order valence-corrected chi connectivity index (χ3v) is 7.69. The molecular weight excluding hydrogens is 382 g/mol. The second-order valence-electron chi connectivity index (χ2n) is 9.98. The Kier molecular flexibility index (Phi) is 5.61. The number of hydrogen-bond donors (Lipinski definition) is 1. The van der Waals surface area contributed by atoms with Crippen LogP contribution in [0.5, 0.6) is 0 Å². The monoisotopic (exact) mass is 417 g/mol. The zero-order chi connectivity index (χ0) is 21.4. The van der Waals surface area contributed by atoms with E-state index in [0.717, 1.165) is 26.1 Å². The van der Waals surface area contributed by atoms with Gasteiger partial charge in [-0.25, -0.2) is 0 Å². The molecule has 0 unspecified atom stereocenters. The Morgan fingerprint density at radius 2 is 1.87 bits per heavy atom. The second-order valence-corrected chi connectivity index (χ2v) is 9.98. The molecule has 164 valence electrons. The van der Waals surface area contributed by atoms with Gasteiger partial charge in [0, 0.05) is 36.4 Å². The maximum Gasteiger partial charge on any atom is 0.0700 e. The molecule has 2 atom stereocenters. The lowest BCUT2D eigenvalue weighted by molar-refractivity contribution is 0.132. The summed E-state index contributed by atoms with van der Waals surface area (Å²) in [5, 5.41) is 16.7. The maximum absolute atomic E-state index is 10.4. The molecule has 31 heavy (non-hydrogen) atoms. The molecular formula is C27H35N3O. The van der Waals surface area contributed by atoms with E-state index in [1.807, 2.05) is 0 Å². The van der Waals surface area contributed by atoms with Crippen molar-refractivity contribution < 1.29 is 5.11 Å². The van der Waals surface area contributed by atoms with Crippen molar-refractivity contribution in [3.05, 3.63) is 65.4 Å². The van der Waals surface area contributed by atoms with Crippen molar-refractivity contribution in [2.24, 2.45) is 5.41 Å². The Labute approximate surface area is 185 Å². The fourth-order valence-electron chi connectivity index (χ4n) is 5.92. The normalized spacial score (nSPS) is 25.1. The molecule has 1 saturated heterocycles. The predicted octanol–water partition coefficient (Wildman–Crippen LogP) is 5.31.